The van der Waals surface area contributed by atoms with Crippen LogP contribution in [0, 0.1) is 0 Å². The number of pyridine rings is 1. The normalized spacial score (nSPS) is 10.1. The molecule has 1 aromatic heterocycles. The third-order valence-corrected chi connectivity index (χ3v) is 2.76. The molecule has 6 nitrogen and oxygen atoms in total. The van der Waals surface area contributed by atoms with E-state index >= 15 is 0 Å². The summed E-state index contributed by atoms with van der Waals surface area (Å²) in [5.74, 6) is -0.431. The number of carbonyl (C=O) groups is 2. The highest BCUT2D eigenvalue weighted by molar-refractivity contribution is 5.90. The van der Waals surface area contributed by atoms with Gasteiger partial charge in [0, 0.05) is 26.3 Å². The van der Waals surface area contributed by atoms with Crippen LogP contribution >= 0.6 is 0 Å². The zero-order valence-corrected chi connectivity index (χ0v) is 11.5. The van der Waals surface area contributed by atoms with Crippen LogP contribution in [0.15, 0.2) is 18.3 Å². The molecule has 1 N–H and O–H groups in total. The van der Waals surface area contributed by atoms with Crippen LogP contribution in [0.25, 0.3) is 0 Å². The molecule has 1 heterocycles. The lowest BCUT2D eigenvalue weighted by Gasteiger charge is -2.15. The first-order chi connectivity index (χ1) is 9.10. The Morgan fingerprint density at radius 1 is 1.47 bits per heavy atom. The molecular formula is C13H19N3O3. The Kier molecular flexibility index (Phi) is 5.95. The number of nitrogens with one attached hydrogen (secondary N) is 1. The van der Waals surface area contributed by atoms with E-state index in [0.29, 0.717) is 24.3 Å². The lowest BCUT2D eigenvalue weighted by Crippen LogP contribution is -2.35. The summed E-state index contributed by atoms with van der Waals surface area (Å²) in [4.78, 5) is 28.9. The maximum absolute atomic E-state index is 11.6. The number of carbonyl (C=O) groups excluding carboxylic acids is 2. The number of rotatable bonds is 6. The molecule has 0 aromatic carbocycles. The highest BCUT2D eigenvalue weighted by atomic mass is 16.5. The number of esters is 1. The van der Waals surface area contributed by atoms with E-state index in [9.17, 15) is 9.59 Å². The van der Waals surface area contributed by atoms with Crippen molar-refractivity contribution in [2.45, 2.75) is 13.5 Å². The summed E-state index contributed by atoms with van der Waals surface area (Å²) in [5, 5.41) is 2.97. The zero-order chi connectivity index (χ0) is 14.3. The molecule has 1 rings (SSSR count). The molecule has 0 saturated heterocycles. The molecule has 0 radical (unpaired) electrons. The predicted octanol–water partition coefficient (Wildman–Crippen LogP) is 0.436. The Balaban J connectivity index is 2.59. The van der Waals surface area contributed by atoms with E-state index in [1.54, 1.807) is 30.3 Å². The quantitative estimate of drug-likeness (QED) is 0.755. The fourth-order valence-corrected chi connectivity index (χ4v) is 1.47. The Morgan fingerprint density at radius 2 is 2.21 bits per heavy atom. The monoisotopic (exact) mass is 265 g/mol. The fourth-order valence-electron chi connectivity index (χ4n) is 1.47. The van der Waals surface area contributed by atoms with Crippen molar-refractivity contribution in [3.05, 3.63) is 29.6 Å². The van der Waals surface area contributed by atoms with E-state index in [1.165, 1.54) is 7.11 Å². The molecule has 0 saturated carbocycles. The molecule has 0 bridgehead atoms. The van der Waals surface area contributed by atoms with Crippen molar-refractivity contribution in [2.75, 3.05) is 27.2 Å². The molecule has 0 atom stereocenters. The van der Waals surface area contributed by atoms with Crippen molar-refractivity contribution >= 4 is 11.9 Å². The number of aromatic nitrogens is 1. The van der Waals surface area contributed by atoms with Crippen molar-refractivity contribution in [1.29, 1.82) is 0 Å². The second kappa shape index (κ2) is 7.48. The lowest BCUT2D eigenvalue weighted by molar-refractivity contribution is -0.128. The lowest BCUT2D eigenvalue weighted by atomic mass is 10.2. The summed E-state index contributed by atoms with van der Waals surface area (Å²) < 4.78 is 4.68. The van der Waals surface area contributed by atoms with E-state index in [1.807, 2.05) is 6.92 Å². The van der Waals surface area contributed by atoms with Gasteiger partial charge < -0.3 is 15.0 Å². The van der Waals surface area contributed by atoms with E-state index in [4.69, 9.17) is 0 Å². The van der Waals surface area contributed by atoms with Crippen molar-refractivity contribution < 1.29 is 14.3 Å². The summed E-state index contributed by atoms with van der Waals surface area (Å²) in [6.45, 7) is 3.12. The van der Waals surface area contributed by atoms with Gasteiger partial charge in [-0.2, -0.15) is 0 Å². The maximum Gasteiger partial charge on any atom is 0.339 e. The van der Waals surface area contributed by atoms with Gasteiger partial charge in [0.2, 0.25) is 5.91 Å². The number of hydrogen-bond acceptors (Lipinski definition) is 5. The number of ether oxygens (including phenoxy) is 1. The second-order valence-electron chi connectivity index (χ2n) is 4.00. The van der Waals surface area contributed by atoms with E-state index in [-0.39, 0.29) is 12.5 Å². The summed E-state index contributed by atoms with van der Waals surface area (Å²) >= 11 is 0. The van der Waals surface area contributed by atoms with Crippen molar-refractivity contribution in [3.63, 3.8) is 0 Å². The Labute approximate surface area is 112 Å². The molecule has 0 spiro atoms. The highest BCUT2D eigenvalue weighted by Gasteiger charge is 2.12. The van der Waals surface area contributed by atoms with E-state index < -0.39 is 5.97 Å². The highest BCUT2D eigenvalue weighted by Crippen LogP contribution is 2.06. The van der Waals surface area contributed by atoms with Crippen LogP contribution in [0.2, 0.25) is 0 Å². The number of likely N-dealkylation sites (N-methyl/N-ethyl adjacent to an activating group) is 1. The second-order valence-corrected chi connectivity index (χ2v) is 4.00. The summed E-state index contributed by atoms with van der Waals surface area (Å²) in [6, 6.07) is 3.32. The van der Waals surface area contributed by atoms with Crippen LogP contribution in [0.1, 0.15) is 23.0 Å². The largest absolute Gasteiger partial charge is 0.465 e. The van der Waals surface area contributed by atoms with Gasteiger partial charge in [0.1, 0.15) is 0 Å². The average molecular weight is 265 g/mol. The van der Waals surface area contributed by atoms with Crippen LogP contribution in [0.3, 0.4) is 0 Å². The third-order valence-electron chi connectivity index (χ3n) is 2.76. The molecule has 1 amide bonds. The summed E-state index contributed by atoms with van der Waals surface area (Å²) in [7, 11) is 3.07. The van der Waals surface area contributed by atoms with Gasteiger partial charge in [-0.05, 0) is 19.1 Å². The number of methoxy groups -OCH3 is 1. The molecule has 6 heteroatoms. The van der Waals surface area contributed by atoms with E-state index in [2.05, 4.69) is 15.0 Å². The van der Waals surface area contributed by atoms with Crippen molar-refractivity contribution in [3.8, 4) is 0 Å². The van der Waals surface area contributed by atoms with Gasteiger partial charge in [0.15, 0.2) is 0 Å². The van der Waals surface area contributed by atoms with Gasteiger partial charge in [-0.25, -0.2) is 4.79 Å². The molecule has 0 aliphatic heterocycles. The number of nitrogens with zero attached hydrogens (tertiary/aromatic N) is 2. The first-order valence-electron chi connectivity index (χ1n) is 6.07. The van der Waals surface area contributed by atoms with Gasteiger partial charge in [-0.15, -0.1) is 0 Å². The van der Waals surface area contributed by atoms with E-state index in [0.717, 1.165) is 0 Å². The average Bonchev–Trinajstić information content (AvgIpc) is 2.45. The fraction of sp³-hybridized carbons (Fsp3) is 0.462. The minimum atomic E-state index is -0.429. The molecule has 0 unspecified atom stereocenters. The standard InChI is InChI=1S/C13H19N3O3/c1-4-16(2)12(17)9-14-8-11-10(13(18)19-3)6-5-7-15-11/h5-7,14H,4,8-9H2,1-3H3. The Morgan fingerprint density at radius 3 is 2.84 bits per heavy atom. The first-order valence-corrected chi connectivity index (χ1v) is 6.07. The minimum Gasteiger partial charge on any atom is -0.465 e. The van der Waals surface area contributed by atoms with Crippen LogP contribution in [0.4, 0.5) is 0 Å². The predicted molar refractivity (Wildman–Crippen MR) is 70.6 cm³/mol. The minimum absolute atomic E-state index is 0.00181. The van der Waals surface area contributed by atoms with Crippen molar-refractivity contribution in [2.24, 2.45) is 0 Å². The molecule has 19 heavy (non-hydrogen) atoms. The molecule has 0 aliphatic carbocycles. The van der Waals surface area contributed by atoms with Gasteiger partial charge >= 0.3 is 5.97 Å². The summed E-state index contributed by atoms with van der Waals surface area (Å²) in [5.41, 5.74) is 0.982. The van der Waals surface area contributed by atoms with Gasteiger partial charge in [-0.1, -0.05) is 0 Å². The zero-order valence-electron chi connectivity index (χ0n) is 11.5. The smallest absolute Gasteiger partial charge is 0.339 e. The van der Waals surface area contributed by atoms with Crippen LogP contribution in [-0.4, -0.2) is 49.0 Å². The first kappa shape index (κ1) is 15.1. The van der Waals surface area contributed by atoms with Crippen LogP contribution in [0.5, 0.6) is 0 Å². The maximum atomic E-state index is 11.6. The molecule has 0 fully saturated rings. The topological polar surface area (TPSA) is 71.5 Å². The SMILES string of the molecule is CCN(C)C(=O)CNCc1ncccc1C(=O)OC. The number of amides is 1. The van der Waals surface area contributed by atoms with Gasteiger partial charge in [-0.3, -0.25) is 9.78 Å². The van der Waals surface area contributed by atoms with Gasteiger partial charge in [0.25, 0.3) is 0 Å². The number of hydrogen-bond donors (Lipinski definition) is 1. The Bertz CT molecular complexity index is 449. The molecule has 104 valence electrons. The molecular weight excluding hydrogens is 246 g/mol. The molecule has 0 aliphatic rings. The Hall–Kier alpha value is -1.95. The van der Waals surface area contributed by atoms with Crippen LogP contribution in [-0.2, 0) is 16.1 Å². The summed E-state index contributed by atoms with van der Waals surface area (Å²) in [6.07, 6.45) is 1.60. The van der Waals surface area contributed by atoms with Crippen LogP contribution < -0.4 is 5.32 Å². The molecule has 1 aromatic rings. The van der Waals surface area contributed by atoms with Crippen molar-refractivity contribution in [1.82, 2.24) is 15.2 Å². The third kappa shape index (κ3) is 4.33. The van der Waals surface area contributed by atoms with Gasteiger partial charge in [0.05, 0.1) is 24.9 Å².